The Bertz CT molecular complexity index is 399. The van der Waals surface area contributed by atoms with Gasteiger partial charge in [0, 0.05) is 0 Å². The largest absolute Gasteiger partial charge is 0.0676 e. The van der Waals surface area contributed by atoms with Gasteiger partial charge in [-0.1, -0.05) is 66.5 Å². The average molecular weight is 234 g/mol. The standard InChI is InChI=1S/C17H30/c1-11-12(2)16(9)14(5,6)17(10,13(11,3)4)15(16,7)8/h1-10H3. The molecule has 0 heterocycles. The highest BCUT2D eigenvalue weighted by molar-refractivity contribution is 5.46. The molecule has 17 heavy (non-hydrogen) atoms. The van der Waals surface area contributed by atoms with Crippen LogP contribution in [0.5, 0.6) is 0 Å². The molecule has 0 atom stereocenters. The highest BCUT2D eigenvalue weighted by atomic mass is 14.9. The van der Waals surface area contributed by atoms with Crippen LogP contribution in [0.1, 0.15) is 69.2 Å². The fraction of sp³-hybridized carbons (Fsp3) is 0.882. The second-order valence-corrected chi connectivity index (χ2v) is 8.38. The Hall–Kier alpha value is -0.260. The summed E-state index contributed by atoms with van der Waals surface area (Å²) < 4.78 is 0. The van der Waals surface area contributed by atoms with Gasteiger partial charge < -0.3 is 0 Å². The molecule has 98 valence electrons. The van der Waals surface area contributed by atoms with Crippen LogP contribution in [0, 0.1) is 27.1 Å². The Kier molecular flexibility index (Phi) is 2.08. The van der Waals surface area contributed by atoms with Crippen LogP contribution in [0.25, 0.3) is 0 Å². The quantitative estimate of drug-likeness (QED) is 0.489. The molecular weight excluding hydrogens is 204 g/mol. The van der Waals surface area contributed by atoms with Gasteiger partial charge in [-0.25, -0.2) is 0 Å². The summed E-state index contributed by atoms with van der Waals surface area (Å²) in [4.78, 5) is 0. The lowest BCUT2D eigenvalue weighted by Crippen LogP contribution is -2.80. The van der Waals surface area contributed by atoms with E-state index in [9.17, 15) is 0 Å². The maximum absolute atomic E-state index is 2.52. The van der Waals surface area contributed by atoms with Gasteiger partial charge >= 0.3 is 0 Å². The van der Waals surface area contributed by atoms with Gasteiger partial charge in [0.1, 0.15) is 0 Å². The van der Waals surface area contributed by atoms with Crippen LogP contribution >= 0.6 is 0 Å². The highest BCUT2D eigenvalue weighted by Crippen LogP contribution is 2.88. The summed E-state index contributed by atoms with van der Waals surface area (Å²) in [6, 6.07) is 0. The molecule has 0 heteroatoms. The second-order valence-electron chi connectivity index (χ2n) is 8.38. The maximum Gasteiger partial charge on any atom is -0.000272 e. The molecule has 0 spiro atoms. The summed E-state index contributed by atoms with van der Waals surface area (Å²) >= 11 is 0. The van der Waals surface area contributed by atoms with Crippen LogP contribution in [-0.2, 0) is 0 Å². The SMILES string of the molecule is CC1=C(C)C2(C)C(C)(C)C(C)(C1(C)C)C2(C)C. The zero-order chi connectivity index (χ0) is 13.7. The molecule has 0 aromatic carbocycles. The van der Waals surface area contributed by atoms with E-state index in [4.69, 9.17) is 0 Å². The lowest BCUT2D eigenvalue weighted by atomic mass is 9.18. The monoisotopic (exact) mass is 234 g/mol. The van der Waals surface area contributed by atoms with E-state index in [-0.39, 0.29) is 0 Å². The molecule has 0 aliphatic heterocycles. The number of fused-ring (bicyclic) bond motifs is 1. The average Bonchev–Trinajstić information content (AvgIpc) is 2.21. The van der Waals surface area contributed by atoms with Crippen molar-refractivity contribution in [3.63, 3.8) is 0 Å². The summed E-state index contributed by atoms with van der Waals surface area (Å²) in [5, 5.41) is 0. The molecule has 0 saturated heterocycles. The van der Waals surface area contributed by atoms with Gasteiger partial charge in [-0.3, -0.25) is 0 Å². The van der Waals surface area contributed by atoms with Gasteiger partial charge in [0.2, 0.25) is 0 Å². The van der Waals surface area contributed by atoms with E-state index < -0.39 is 0 Å². The molecule has 0 N–H and O–H groups in total. The molecule has 0 aromatic rings. The highest BCUT2D eigenvalue weighted by Gasteiger charge is 2.82. The van der Waals surface area contributed by atoms with Gasteiger partial charge in [0.15, 0.2) is 0 Å². The summed E-state index contributed by atoms with van der Waals surface area (Å²) in [6.45, 7) is 24.6. The predicted molar refractivity (Wildman–Crippen MR) is 75.9 cm³/mol. The maximum atomic E-state index is 2.52. The summed E-state index contributed by atoms with van der Waals surface area (Å²) in [5.74, 6) is 0. The Morgan fingerprint density at radius 1 is 0.588 bits per heavy atom. The van der Waals surface area contributed by atoms with E-state index in [1.165, 1.54) is 0 Å². The lowest BCUT2D eigenvalue weighted by molar-refractivity contribution is -0.333. The van der Waals surface area contributed by atoms with Gasteiger partial charge in [-0.05, 0) is 40.9 Å². The first-order valence-corrected chi connectivity index (χ1v) is 7.00. The Balaban J connectivity index is 2.88. The third-order valence-corrected chi connectivity index (χ3v) is 8.50. The van der Waals surface area contributed by atoms with Crippen molar-refractivity contribution in [2.45, 2.75) is 69.2 Å². The van der Waals surface area contributed by atoms with Crippen molar-refractivity contribution in [2.75, 3.05) is 0 Å². The van der Waals surface area contributed by atoms with Crippen LogP contribution in [0.3, 0.4) is 0 Å². The number of rotatable bonds is 0. The molecule has 0 nitrogen and oxygen atoms in total. The molecule has 3 aliphatic carbocycles. The number of hydrogen-bond acceptors (Lipinski definition) is 0. The Morgan fingerprint density at radius 3 is 1.29 bits per heavy atom. The van der Waals surface area contributed by atoms with E-state index in [0.29, 0.717) is 27.1 Å². The minimum atomic E-state index is 0.293. The minimum Gasteiger partial charge on any atom is -0.0676 e. The topological polar surface area (TPSA) is 0 Å². The summed E-state index contributed by atoms with van der Waals surface area (Å²) in [7, 11) is 0. The van der Waals surface area contributed by atoms with Gasteiger partial charge in [0.25, 0.3) is 0 Å². The van der Waals surface area contributed by atoms with Crippen LogP contribution in [0.15, 0.2) is 11.1 Å². The van der Waals surface area contributed by atoms with E-state index in [1.54, 1.807) is 11.1 Å². The lowest BCUT2D eigenvalue weighted by Gasteiger charge is -2.85. The van der Waals surface area contributed by atoms with Crippen molar-refractivity contribution < 1.29 is 0 Å². The van der Waals surface area contributed by atoms with Crippen LogP contribution in [0.4, 0.5) is 0 Å². The van der Waals surface area contributed by atoms with Crippen molar-refractivity contribution in [3.8, 4) is 0 Å². The molecule has 0 radical (unpaired) electrons. The zero-order valence-corrected chi connectivity index (χ0v) is 13.5. The third-order valence-electron chi connectivity index (χ3n) is 8.50. The Morgan fingerprint density at radius 2 is 0.941 bits per heavy atom. The normalized spacial score (nSPS) is 45.5. The summed E-state index contributed by atoms with van der Waals surface area (Å²) in [6.07, 6.45) is 0. The van der Waals surface area contributed by atoms with Crippen LogP contribution in [0.2, 0.25) is 0 Å². The third kappa shape index (κ3) is 0.805. The van der Waals surface area contributed by atoms with E-state index in [0.717, 1.165) is 0 Å². The first-order chi connectivity index (χ1) is 7.32. The minimum absolute atomic E-state index is 0.293. The van der Waals surface area contributed by atoms with Gasteiger partial charge in [0.05, 0.1) is 0 Å². The van der Waals surface area contributed by atoms with Crippen molar-refractivity contribution in [2.24, 2.45) is 27.1 Å². The van der Waals surface area contributed by atoms with Crippen molar-refractivity contribution in [1.29, 1.82) is 0 Å². The van der Waals surface area contributed by atoms with E-state index >= 15 is 0 Å². The first kappa shape index (κ1) is 13.2. The van der Waals surface area contributed by atoms with Crippen LogP contribution in [-0.4, -0.2) is 0 Å². The van der Waals surface area contributed by atoms with E-state index in [2.05, 4.69) is 69.2 Å². The van der Waals surface area contributed by atoms with Gasteiger partial charge in [-0.15, -0.1) is 0 Å². The molecule has 1 fully saturated rings. The van der Waals surface area contributed by atoms with Crippen molar-refractivity contribution in [3.05, 3.63) is 11.1 Å². The zero-order valence-electron chi connectivity index (χ0n) is 13.5. The van der Waals surface area contributed by atoms with E-state index in [1.807, 2.05) is 0 Å². The molecule has 3 aliphatic rings. The second kappa shape index (κ2) is 2.68. The van der Waals surface area contributed by atoms with Gasteiger partial charge in [-0.2, -0.15) is 0 Å². The fourth-order valence-corrected chi connectivity index (χ4v) is 6.22. The molecular formula is C17H30. The summed E-state index contributed by atoms with van der Waals surface area (Å²) in [5.41, 5.74) is 5.01. The number of hydrogen-bond donors (Lipinski definition) is 0. The molecule has 3 rings (SSSR count). The van der Waals surface area contributed by atoms with Crippen molar-refractivity contribution in [1.82, 2.24) is 0 Å². The molecule has 2 bridgehead atoms. The molecule has 0 amide bonds. The molecule has 0 unspecified atom stereocenters. The number of allylic oxidation sites excluding steroid dienone is 2. The molecule has 1 saturated carbocycles. The molecule has 0 aromatic heterocycles. The first-order valence-electron chi connectivity index (χ1n) is 7.00. The Labute approximate surface area is 108 Å². The smallest absolute Gasteiger partial charge is 0.000272 e. The fourth-order valence-electron chi connectivity index (χ4n) is 6.22. The predicted octanol–water partition coefficient (Wildman–Crippen LogP) is 5.44. The van der Waals surface area contributed by atoms with Crippen molar-refractivity contribution >= 4 is 0 Å². The van der Waals surface area contributed by atoms with Crippen LogP contribution < -0.4 is 0 Å².